The van der Waals surface area contributed by atoms with Gasteiger partial charge in [-0.2, -0.15) is 0 Å². The summed E-state index contributed by atoms with van der Waals surface area (Å²) in [5.74, 6) is 1.51. The largest absolute Gasteiger partial charge is 0.490 e. The second kappa shape index (κ2) is 5.18. The van der Waals surface area contributed by atoms with E-state index in [1.165, 1.54) is 6.33 Å². The van der Waals surface area contributed by atoms with E-state index < -0.39 is 0 Å². The molecule has 1 aliphatic carbocycles. The van der Waals surface area contributed by atoms with Crippen molar-refractivity contribution in [3.63, 3.8) is 0 Å². The first-order chi connectivity index (χ1) is 8.24. The Morgan fingerprint density at radius 2 is 2.24 bits per heavy atom. The van der Waals surface area contributed by atoms with Crippen molar-refractivity contribution in [3.8, 4) is 5.75 Å². The van der Waals surface area contributed by atoms with Crippen molar-refractivity contribution in [3.05, 3.63) is 6.33 Å². The molecule has 1 fully saturated rings. The van der Waals surface area contributed by atoms with Gasteiger partial charge in [0.25, 0.3) is 0 Å². The number of hydrogen-bond acceptors (Lipinski definition) is 6. The molecular weight excluding hydrogens is 220 g/mol. The van der Waals surface area contributed by atoms with Crippen molar-refractivity contribution < 1.29 is 9.47 Å². The fourth-order valence-electron chi connectivity index (χ4n) is 1.94. The monoisotopic (exact) mass is 238 g/mol. The zero-order chi connectivity index (χ0) is 12.3. The second-order valence-corrected chi connectivity index (χ2v) is 4.03. The topological polar surface area (TPSA) is 82.3 Å². The van der Waals surface area contributed by atoms with Crippen LogP contribution in [0.15, 0.2) is 6.33 Å². The lowest BCUT2D eigenvalue weighted by atomic mass is 9.89. The molecule has 0 atom stereocenters. The number of ether oxygens (including phenoxy) is 2. The van der Waals surface area contributed by atoms with Gasteiger partial charge >= 0.3 is 0 Å². The van der Waals surface area contributed by atoms with Gasteiger partial charge in [-0.15, -0.1) is 0 Å². The predicted octanol–water partition coefficient (Wildman–Crippen LogP) is 1.05. The molecule has 0 bridgehead atoms. The van der Waals surface area contributed by atoms with Crippen molar-refractivity contribution in [2.24, 2.45) is 0 Å². The molecule has 1 aromatic rings. The van der Waals surface area contributed by atoms with Gasteiger partial charge in [-0.3, -0.25) is 0 Å². The minimum absolute atomic E-state index is 0.352. The maximum atomic E-state index is 5.70. The molecule has 6 nitrogen and oxygen atoms in total. The van der Waals surface area contributed by atoms with Gasteiger partial charge in [-0.25, -0.2) is 9.97 Å². The second-order valence-electron chi connectivity index (χ2n) is 4.03. The molecule has 94 valence electrons. The molecule has 0 radical (unpaired) electrons. The maximum absolute atomic E-state index is 5.70. The SMILES string of the molecule is CCOC1CC(Nc2ncnc(N)c2OC)C1. The lowest BCUT2D eigenvalue weighted by molar-refractivity contribution is 0.00288. The molecule has 2 rings (SSSR count). The van der Waals surface area contributed by atoms with Crippen LogP contribution in [0.3, 0.4) is 0 Å². The number of aromatic nitrogens is 2. The van der Waals surface area contributed by atoms with Gasteiger partial charge in [0.15, 0.2) is 11.6 Å². The Morgan fingerprint density at radius 3 is 2.88 bits per heavy atom. The molecule has 17 heavy (non-hydrogen) atoms. The summed E-state index contributed by atoms with van der Waals surface area (Å²) in [6.07, 6.45) is 3.77. The van der Waals surface area contributed by atoms with Crippen LogP contribution in [0.5, 0.6) is 5.75 Å². The van der Waals surface area contributed by atoms with E-state index in [0.29, 0.717) is 29.5 Å². The van der Waals surface area contributed by atoms with E-state index in [2.05, 4.69) is 15.3 Å². The standard InChI is InChI=1S/C11H18N4O2/c1-3-17-8-4-7(5-8)15-11-9(16-2)10(12)13-6-14-11/h6-8H,3-5H2,1-2H3,(H3,12,13,14,15). The summed E-state index contributed by atoms with van der Waals surface area (Å²) >= 11 is 0. The van der Waals surface area contributed by atoms with Gasteiger partial charge < -0.3 is 20.5 Å². The third-order valence-corrected chi connectivity index (χ3v) is 2.87. The Balaban J connectivity index is 1.94. The average molecular weight is 238 g/mol. The molecule has 1 saturated carbocycles. The first-order valence-electron chi connectivity index (χ1n) is 5.77. The summed E-state index contributed by atoms with van der Waals surface area (Å²) in [6.45, 7) is 2.77. The fourth-order valence-corrected chi connectivity index (χ4v) is 1.94. The van der Waals surface area contributed by atoms with Crippen LogP contribution in [0.4, 0.5) is 11.6 Å². The quantitative estimate of drug-likeness (QED) is 0.797. The smallest absolute Gasteiger partial charge is 0.203 e. The highest BCUT2D eigenvalue weighted by molar-refractivity contribution is 5.61. The Labute approximate surface area is 101 Å². The molecule has 1 heterocycles. The summed E-state index contributed by atoms with van der Waals surface area (Å²) in [7, 11) is 1.56. The number of rotatable bonds is 5. The fraction of sp³-hybridized carbons (Fsp3) is 0.636. The van der Waals surface area contributed by atoms with E-state index in [1.54, 1.807) is 7.11 Å². The van der Waals surface area contributed by atoms with Crippen LogP contribution in [-0.4, -0.2) is 35.8 Å². The van der Waals surface area contributed by atoms with Crippen molar-refractivity contribution >= 4 is 11.6 Å². The number of nitrogens with zero attached hydrogens (tertiary/aromatic N) is 2. The first-order valence-corrected chi connectivity index (χ1v) is 5.77. The predicted molar refractivity (Wildman–Crippen MR) is 65.1 cm³/mol. The summed E-state index contributed by atoms with van der Waals surface area (Å²) in [6, 6.07) is 0.370. The summed E-state index contributed by atoms with van der Waals surface area (Å²) in [5, 5.41) is 3.29. The van der Waals surface area contributed by atoms with Gasteiger partial charge in [-0.05, 0) is 19.8 Å². The van der Waals surface area contributed by atoms with Gasteiger partial charge in [0.1, 0.15) is 6.33 Å². The van der Waals surface area contributed by atoms with Crippen molar-refractivity contribution in [2.45, 2.75) is 31.9 Å². The number of nitrogens with two attached hydrogens (primary N) is 1. The van der Waals surface area contributed by atoms with Crippen LogP contribution in [0, 0.1) is 0 Å². The highest BCUT2D eigenvalue weighted by Crippen LogP contribution is 2.31. The zero-order valence-corrected chi connectivity index (χ0v) is 10.1. The van der Waals surface area contributed by atoms with E-state index in [1.807, 2.05) is 6.92 Å². The van der Waals surface area contributed by atoms with Crippen LogP contribution >= 0.6 is 0 Å². The molecule has 6 heteroatoms. The summed E-state index contributed by atoms with van der Waals surface area (Å²) in [5.41, 5.74) is 5.70. The van der Waals surface area contributed by atoms with Gasteiger partial charge in [-0.1, -0.05) is 0 Å². The zero-order valence-electron chi connectivity index (χ0n) is 10.1. The third-order valence-electron chi connectivity index (χ3n) is 2.87. The Kier molecular flexibility index (Phi) is 3.63. The number of anilines is 2. The minimum Gasteiger partial charge on any atom is -0.490 e. The van der Waals surface area contributed by atoms with Crippen molar-refractivity contribution in [2.75, 3.05) is 24.8 Å². The van der Waals surface area contributed by atoms with Gasteiger partial charge in [0.05, 0.1) is 13.2 Å². The average Bonchev–Trinajstić information content (AvgIpc) is 2.26. The van der Waals surface area contributed by atoms with Crippen LogP contribution in [0.1, 0.15) is 19.8 Å². The number of methoxy groups -OCH3 is 1. The van der Waals surface area contributed by atoms with Crippen LogP contribution in [-0.2, 0) is 4.74 Å². The van der Waals surface area contributed by atoms with E-state index in [-0.39, 0.29) is 0 Å². The molecule has 0 aliphatic heterocycles. The van der Waals surface area contributed by atoms with E-state index >= 15 is 0 Å². The molecule has 1 aromatic heterocycles. The van der Waals surface area contributed by atoms with Gasteiger partial charge in [0, 0.05) is 12.6 Å². The van der Waals surface area contributed by atoms with Crippen molar-refractivity contribution in [1.82, 2.24) is 9.97 Å². The Bertz CT molecular complexity index is 380. The molecule has 0 saturated heterocycles. The minimum atomic E-state index is 0.352. The summed E-state index contributed by atoms with van der Waals surface area (Å²) < 4.78 is 10.7. The lowest BCUT2D eigenvalue weighted by Gasteiger charge is -2.35. The Morgan fingerprint density at radius 1 is 1.47 bits per heavy atom. The number of hydrogen-bond donors (Lipinski definition) is 2. The first kappa shape index (κ1) is 11.9. The van der Waals surface area contributed by atoms with Crippen LogP contribution in [0.25, 0.3) is 0 Å². The maximum Gasteiger partial charge on any atom is 0.203 e. The molecule has 1 aliphatic rings. The molecule has 0 amide bonds. The lowest BCUT2D eigenvalue weighted by Crippen LogP contribution is -2.41. The molecular formula is C11H18N4O2. The normalized spacial score (nSPS) is 22.9. The molecule has 0 unspecified atom stereocenters. The molecule has 0 aromatic carbocycles. The molecule has 3 N–H and O–H groups in total. The van der Waals surface area contributed by atoms with Crippen LogP contribution < -0.4 is 15.8 Å². The van der Waals surface area contributed by atoms with Gasteiger partial charge in [0.2, 0.25) is 5.75 Å². The van der Waals surface area contributed by atoms with E-state index in [9.17, 15) is 0 Å². The third kappa shape index (κ3) is 2.58. The number of nitrogens with one attached hydrogen (secondary N) is 1. The van der Waals surface area contributed by atoms with Crippen molar-refractivity contribution in [1.29, 1.82) is 0 Å². The highest BCUT2D eigenvalue weighted by Gasteiger charge is 2.30. The van der Waals surface area contributed by atoms with Crippen LogP contribution in [0.2, 0.25) is 0 Å². The highest BCUT2D eigenvalue weighted by atomic mass is 16.5. The van der Waals surface area contributed by atoms with E-state index in [0.717, 1.165) is 19.4 Å². The number of nitrogen functional groups attached to an aromatic ring is 1. The van der Waals surface area contributed by atoms with E-state index in [4.69, 9.17) is 15.2 Å². The molecule has 0 spiro atoms. The Hall–Kier alpha value is -1.56. The summed E-state index contributed by atoms with van der Waals surface area (Å²) in [4.78, 5) is 8.02.